The molecule has 0 unspecified atom stereocenters. The van der Waals surface area contributed by atoms with E-state index in [0.717, 1.165) is 0 Å². The Morgan fingerprint density at radius 1 is 1.54 bits per heavy atom. The third kappa shape index (κ3) is 2.13. The van der Waals surface area contributed by atoms with Gasteiger partial charge in [0.05, 0.1) is 0 Å². The average molecular weight is 195 g/mol. The van der Waals surface area contributed by atoms with Crippen LogP contribution in [0.1, 0.15) is 5.82 Å². The van der Waals surface area contributed by atoms with Gasteiger partial charge in [-0.1, -0.05) is 0 Å². The molecule has 0 aliphatic heterocycles. The van der Waals surface area contributed by atoms with Crippen molar-refractivity contribution in [2.75, 3.05) is 0 Å². The van der Waals surface area contributed by atoms with Crippen LogP contribution in [0.5, 0.6) is 0 Å². The summed E-state index contributed by atoms with van der Waals surface area (Å²) in [5.41, 5.74) is 4.67. The molecule has 1 aromatic rings. The first-order chi connectivity index (χ1) is 5.91. The van der Waals surface area contributed by atoms with Gasteiger partial charge in [-0.25, -0.2) is 4.68 Å². The molecule has 72 valence electrons. The normalized spacial score (nSPS) is 11.6. The minimum Gasteiger partial charge on any atom is -0.368 e. The molecule has 0 radical (unpaired) electrons. The summed E-state index contributed by atoms with van der Waals surface area (Å²) in [5.74, 6) is -2.29. The summed E-state index contributed by atoms with van der Waals surface area (Å²) in [4.78, 5) is 10.3. The Morgan fingerprint density at radius 3 is 2.62 bits per heavy atom. The van der Waals surface area contributed by atoms with Crippen LogP contribution in [0.15, 0.2) is 0 Å². The van der Waals surface area contributed by atoms with Gasteiger partial charge in [0.15, 0.2) is 0 Å². The number of hydrogen-bond acceptors (Lipinski definition) is 4. The van der Waals surface area contributed by atoms with Crippen LogP contribution in [0.3, 0.4) is 0 Å². The summed E-state index contributed by atoms with van der Waals surface area (Å²) >= 11 is 0. The largest absolute Gasteiger partial charge is 0.453 e. The van der Waals surface area contributed by atoms with E-state index in [-0.39, 0.29) is 0 Å². The number of primary amides is 1. The molecule has 0 bridgehead atoms. The minimum absolute atomic E-state index is 0.294. The van der Waals surface area contributed by atoms with Crippen molar-refractivity contribution in [2.45, 2.75) is 12.7 Å². The fourth-order valence-corrected chi connectivity index (χ4v) is 0.662. The van der Waals surface area contributed by atoms with Gasteiger partial charge in [0.25, 0.3) is 5.82 Å². The van der Waals surface area contributed by atoms with E-state index in [1.807, 2.05) is 0 Å². The molecule has 6 nitrogen and oxygen atoms in total. The van der Waals surface area contributed by atoms with Crippen molar-refractivity contribution in [3.8, 4) is 0 Å². The molecule has 1 aromatic heterocycles. The van der Waals surface area contributed by atoms with Crippen LogP contribution in [-0.2, 0) is 17.5 Å². The second kappa shape index (κ2) is 2.99. The van der Waals surface area contributed by atoms with E-state index in [0.29, 0.717) is 4.68 Å². The van der Waals surface area contributed by atoms with E-state index in [4.69, 9.17) is 0 Å². The van der Waals surface area contributed by atoms with Crippen molar-refractivity contribution in [2.24, 2.45) is 5.73 Å². The summed E-state index contributed by atoms with van der Waals surface area (Å²) in [5, 5.41) is 8.44. The highest BCUT2D eigenvalue weighted by molar-refractivity contribution is 5.73. The molecule has 0 spiro atoms. The number of alkyl halides is 3. The fourth-order valence-electron chi connectivity index (χ4n) is 0.662. The van der Waals surface area contributed by atoms with Crippen LogP contribution in [0.2, 0.25) is 0 Å². The lowest BCUT2D eigenvalue weighted by Gasteiger charge is -2.04. The molecule has 0 aromatic carbocycles. The second-order valence-corrected chi connectivity index (χ2v) is 2.12. The van der Waals surface area contributed by atoms with Crippen molar-refractivity contribution in [3.05, 3.63) is 5.82 Å². The summed E-state index contributed by atoms with van der Waals surface area (Å²) in [6, 6.07) is 0. The van der Waals surface area contributed by atoms with E-state index in [2.05, 4.69) is 21.3 Å². The molecule has 2 N–H and O–H groups in total. The van der Waals surface area contributed by atoms with Gasteiger partial charge in [-0.3, -0.25) is 4.79 Å². The van der Waals surface area contributed by atoms with Crippen LogP contribution in [0.25, 0.3) is 0 Å². The number of aromatic nitrogens is 4. The van der Waals surface area contributed by atoms with Crippen LogP contribution in [0, 0.1) is 0 Å². The van der Waals surface area contributed by atoms with E-state index in [1.54, 1.807) is 0 Å². The number of halogens is 3. The number of nitrogens with two attached hydrogens (primary N) is 1. The Bertz CT molecular complexity index is 318. The predicted octanol–water partition coefficient (Wildman–Crippen LogP) is -0.823. The quantitative estimate of drug-likeness (QED) is 0.667. The first-order valence-electron chi connectivity index (χ1n) is 3.03. The maximum absolute atomic E-state index is 12.0. The predicted molar refractivity (Wildman–Crippen MR) is 32.0 cm³/mol. The Kier molecular flexibility index (Phi) is 2.17. The zero-order chi connectivity index (χ0) is 10.1. The van der Waals surface area contributed by atoms with Gasteiger partial charge in [-0.2, -0.15) is 13.2 Å². The molecule has 1 heterocycles. The Labute approximate surface area is 69.5 Å². The first kappa shape index (κ1) is 9.42. The fraction of sp³-hybridized carbons (Fsp3) is 0.500. The number of hydrogen-bond donors (Lipinski definition) is 1. The molecular weight excluding hydrogens is 191 g/mol. The zero-order valence-electron chi connectivity index (χ0n) is 6.12. The monoisotopic (exact) mass is 195 g/mol. The van der Waals surface area contributed by atoms with Gasteiger partial charge >= 0.3 is 6.18 Å². The van der Waals surface area contributed by atoms with Gasteiger partial charge in [0, 0.05) is 0 Å². The van der Waals surface area contributed by atoms with Crippen molar-refractivity contribution in [3.63, 3.8) is 0 Å². The number of carbonyl (C=O) groups is 1. The maximum atomic E-state index is 12.0. The molecular formula is C4H4F3N5O. The van der Waals surface area contributed by atoms with Crippen molar-refractivity contribution in [1.29, 1.82) is 0 Å². The van der Waals surface area contributed by atoms with Gasteiger partial charge in [0.2, 0.25) is 5.91 Å². The van der Waals surface area contributed by atoms with Crippen LogP contribution >= 0.6 is 0 Å². The topological polar surface area (TPSA) is 86.7 Å². The number of rotatable bonds is 2. The maximum Gasteiger partial charge on any atom is 0.453 e. The van der Waals surface area contributed by atoms with E-state index in [9.17, 15) is 18.0 Å². The van der Waals surface area contributed by atoms with Crippen molar-refractivity contribution in [1.82, 2.24) is 20.2 Å². The molecule has 1 rings (SSSR count). The highest BCUT2D eigenvalue weighted by Crippen LogP contribution is 2.26. The number of tetrazole rings is 1. The molecule has 0 aliphatic rings. The molecule has 0 atom stereocenters. The number of amides is 1. The summed E-state index contributed by atoms with van der Waals surface area (Å²) in [6.45, 7) is -0.693. The molecule has 13 heavy (non-hydrogen) atoms. The third-order valence-electron chi connectivity index (χ3n) is 1.09. The van der Waals surface area contributed by atoms with Gasteiger partial charge in [0.1, 0.15) is 6.54 Å². The highest BCUT2D eigenvalue weighted by Gasteiger charge is 2.38. The molecule has 0 saturated carbocycles. The summed E-state index contributed by atoms with van der Waals surface area (Å²) < 4.78 is 36.3. The molecule has 0 saturated heterocycles. The second-order valence-electron chi connectivity index (χ2n) is 2.12. The van der Waals surface area contributed by atoms with E-state index < -0.39 is 24.5 Å². The SMILES string of the molecule is NC(=O)Cn1nnnc1C(F)(F)F. The molecule has 1 amide bonds. The van der Waals surface area contributed by atoms with E-state index in [1.165, 1.54) is 0 Å². The Balaban J connectivity index is 2.96. The summed E-state index contributed by atoms with van der Waals surface area (Å²) in [7, 11) is 0. The zero-order valence-corrected chi connectivity index (χ0v) is 6.12. The van der Waals surface area contributed by atoms with Gasteiger partial charge < -0.3 is 5.73 Å². The minimum atomic E-state index is -4.68. The highest BCUT2D eigenvalue weighted by atomic mass is 19.4. The number of nitrogens with zero attached hydrogens (tertiary/aromatic N) is 4. The van der Waals surface area contributed by atoms with Gasteiger partial charge in [-0.15, -0.1) is 5.10 Å². The third-order valence-corrected chi connectivity index (χ3v) is 1.09. The Hall–Kier alpha value is -1.67. The molecule has 0 aliphatic carbocycles. The molecule has 0 fully saturated rings. The van der Waals surface area contributed by atoms with Gasteiger partial charge in [-0.05, 0) is 10.4 Å². The standard InChI is InChI=1S/C4H4F3N5O/c5-4(6,7)3-9-10-11-12(3)1-2(8)13/h1H2,(H2,8,13). The first-order valence-corrected chi connectivity index (χ1v) is 3.03. The Morgan fingerprint density at radius 2 is 2.15 bits per heavy atom. The number of carbonyl (C=O) groups excluding carboxylic acids is 1. The lowest BCUT2D eigenvalue weighted by molar-refractivity contribution is -0.148. The lowest BCUT2D eigenvalue weighted by Crippen LogP contribution is -2.24. The van der Waals surface area contributed by atoms with E-state index >= 15 is 0 Å². The van der Waals surface area contributed by atoms with Crippen LogP contribution in [0.4, 0.5) is 13.2 Å². The summed E-state index contributed by atoms with van der Waals surface area (Å²) in [6.07, 6.45) is -4.68. The smallest absolute Gasteiger partial charge is 0.368 e. The lowest BCUT2D eigenvalue weighted by atomic mass is 10.5. The van der Waals surface area contributed by atoms with Crippen molar-refractivity contribution >= 4 is 5.91 Å². The van der Waals surface area contributed by atoms with Crippen LogP contribution < -0.4 is 5.73 Å². The van der Waals surface area contributed by atoms with Crippen molar-refractivity contribution < 1.29 is 18.0 Å². The average Bonchev–Trinajstić information content (AvgIpc) is 2.31. The van der Waals surface area contributed by atoms with Crippen LogP contribution in [-0.4, -0.2) is 26.1 Å². The molecule has 9 heteroatoms.